The van der Waals surface area contributed by atoms with Crippen molar-refractivity contribution in [3.05, 3.63) is 35.9 Å². The van der Waals surface area contributed by atoms with Gasteiger partial charge in [0.2, 0.25) is 0 Å². The first-order valence-corrected chi connectivity index (χ1v) is 9.15. The molecule has 2 aliphatic rings. The number of carbonyl (C=O) groups excluding carboxylic acids is 2. The van der Waals surface area contributed by atoms with Gasteiger partial charge in [0.1, 0.15) is 11.6 Å². The summed E-state index contributed by atoms with van der Waals surface area (Å²) in [5, 5.41) is 0. The van der Waals surface area contributed by atoms with Gasteiger partial charge < -0.3 is 0 Å². The normalized spacial score (nSPS) is 22.8. The highest BCUT2D eigenvalue weighted by Crippen LogP contribution is 2.47. The van der Waals surface area contributed by atoms with Crippen molar-refractivity contribution in [2.45, 2.75) is 72.1 Å². The van der Waals surface area contributed by atoms with Crippen LogP contribution in [0.15, 0.2) is 30.3 Å². The highest BCUT2D eigenvalue weighted by molar-refractivity contribution is 5.82. The summed E-state index contributed by atoms with van der Waals surface area (Å²) in [6.07, 6.45) is 7.22. The molecule has 2 unspecified atom stereocenters. The summed E-state index contributed by atoms with van der Waals surface area (Å²) in [6.45, 7) is 7.41. The molecule has 1 aromatic rings. The zero-order valence-electron chi connectivity index (χ0n) is 15.2. The Morgan fingerprint density at radius 2 is 1.43 bits per heavy atom. The van der Waals surface area contributed by atoms with E-state index in [9.17, 15) is 9.59 Å². The summed E-state index contributed by atoms with van der Waals surface area (Å²) in [6, 6.07) is 10.3. The molecule has 2 saturated carbocycles. The second kappa shape index (κ2) is 10.4. The van der Waals surface area contributed by atoms with Gasteiger partial charge in [-0.1, -0.05) is 63.4 Å². The predicted molar refractivity (Wildman–Crippen MR) is 96.6 cm³/mol. The van der Waals surface area contributed by atoms with E-state index in [1.165, 1.54) is 24.8 Å². The summed E-state index contributed by atoms with van der Waals surface area (Å²) in [5.74, 6) is 1.98. The van der Waals surface area contributed by atoms with Gasteiger partial charge in [-0.3, -0.25) is 9.59 Å². The molecule has 1 aromatic carbocycles. The van der Waals surface area contributed by atoms with Gasteiger partial charge in [-0.05, 0) is 44.6 Å². The fourth-order valence-corrected chi connectivity index (χ4v) is 3.22. The third kappa shape index (κ3) is 6.68. The zero-order valence-corrected chi connectivity index (χ0v) is 15.2. The van der Waals surface area contributed by atoms with Crippen molar-refractivity contribution in [2.75, 3.05) is 0 Å². The second-order valence-electron chi connectivity index (χ2n) is 6.42. The van der Waals surface area contributed by atoms with E-state index in [2.05, 4.69) is 12.1 Å². The molecule has 0 bridgehead atoms. The lowest BCUT2D eigenvalue weighted by molar-refractivity contribution is -0.121. The van der Waals surface area contributed by atoms with Crippen LogP contribution in [0.1, 0.15) is 77.7 Å². The standard InChI is InChI=1S/C11H12O.C8H14O.C2H6/c1-8(12)10-7-11(10)9-5-3-2-4-6-9;1-7(9)8-5-3-2-4-6-8;1-2/h2-6,10-11H,7H2,1H3;8H,2-6H2,1H3;1-2H3. The van der Waals surface area contributed by atoms with E-state index in [4.69, 9.17) is 0 Å². The lowest BCUT2D eigenvalue weighted by atomic mass is 9.87. The molecule has 0 aliphatic heterocycles. The topological polar surface area (TPSA) is 34.1 Å². The third-order valence-corrected chi connectivity index (χ3v) is 4.72. The first kappa shape index (κ1) is 19.6. The zero-order chi connectivity index (χ0) is 17.2. The molecule has 0 aromatic heterocycles. The molecule has 0 spiro atoms. The van der Waals surface area contributed by atoms with Gasteiger partial charge >= 0.3 is 0 Å². The minimum Gasteiger partial charge on any atom is -0.300 e. The smallest absolute Gasteiger partial charge is 0.133 e. The van der Waals surface area contributed by atoms with Crippen molar-refractivity contribution in [3.8, 4) is 0 Å². The van der Waals surface area contributed by atoms with Crippen molar-refractivity contribution in [1.29, 1.82) is 0 Å². The van der Waals surface area contributed by atoms with Gasteiger partial charge in [0.25, 0.3) is 0 Å². The molecule has 2 atom stereocenters. The highest BCUT2D eigenvalue weighted by atomic mass is 16.1. The van der Waals surface area contributed by atoms with Crippen molar-refractivity contribution >= 4 is 11.6 Å². The van der Waals surface area contributed by atoms with Gasteiger partial charge in [-0.25, -0.2) is 0 Å². The predicted octanol–water partition coefficient (Wildman–Crippen LogP) is 5.56. The molecule has 2 aliphatic carbocycles. The average Bonchev–Trinajstić information content (AvgIpc) is 3.40. The van der Waals surface area contributed by atoms with E-state index in [1.54, 1.807) is 13.8 Å². The second-order valence-corrected chi connectivity index (χ2v) is 6.42. The Morgan fingerprint density at radius 1 is 0.870 bits per heavy atom. The van der Waals surface area contributed by atoms with E-state index >= 15 is 0 Å². The SMILES string of the molecule is CC.CC(=O)C1CC1c1ccccc1.CC(=O)C1CCCCC1. The Hall–Kier alpha value is -1.44. The molecule has 0 saturated heterocycles. The van der Waals surface area contributed by atoms with Gasteiger partial charge in [0.05, 0.1) is 0 Å². The summed E-state index contributed by atoms with van der Waals surface area (Å²) in [4.78, 5) is 21.8. The lowest BCUT2D eigenvalue weighted by Gasteiger charge is -2.17. The van der Waals surface area contributed by atoms with Crippen molar-refractivity contribution in [1.82, 2.24) is 0 Å². The number of hydrogen-bond donors (Lipinski definition) is 0. The fourth-order valence-electron chi connectivity index (χ4n) is 3.22. The van der Waals surface area contributed by atoms with E-state index < -0.39 is 0 Å². The average molecular weight is 316 g/mol. The molecule has 3 rings (SSSR count). The molecule has 2 fully saturated rings. The Kier molecular flexibility index (Phi) is 8.83. The van der Waals surface area contributed by atoms with Crippen LogP contribution in [0.2, 0.25) is 0 Å². The molecule has 0 heterocycles. The minimum atomic E-state index is 0.312. The van der Waals surface area contributed by atoms with Gasteiger partial charge in [0.15, 0.2) is 0 Å². The van der Waals surface area contributed by atoms with Crippen LogP contribution in [0.3, 0.4) is 0 Å². The summed E-state index contributed by atoms with van der Waals surface area (Å²) < 4.78 is 0. The first-order valence-electron chi connectivity index (χ1n) is 9.15. The molecule has 2 nitrogen and oxygen atoms in total. The Morgan fingerprint density at radius 3 is 1.83 bits per heavy atom. The van der Waals surface area contributed by atoms with Gasteiger partial charge in [-0.2, -0.15) is 0 Å². The van der Waals surface area contributed by atoms with Crippen LogP contribution >= 0.6 is 0 Å². The largest absolute Gasteiger partial charge is 0.300 e. The number of Topliss-reactive ketones (excluding diaryl/α,β-unsaturated/α-hetero) is 2. The Bertz CT molecular complexity index is 472. The maximum atomic E-state index is 11.0. The molecule has 23 heavy (non-hydrogen) atoms. The molecule has 0 amide bonds. The lowest BCUT2D eigenvalue weighted by Crippen LogP contribution is -2.13. The number of hydrogen-bond acceptors (Lipinski definition) is 2. The number of ketones is 2. The van der Waals surface area contributed by atoms with Crippen LogP contribution < -0.4 is 0 Å². The van der Waals surface area contributed by atoms with Crippen LogP contribution in [0.4, 0.5) is 0 Å². The third-order valence-electron chi connectivity index (χ3n) is 4.72. The number of carbonyl (C=O) groups is 2. The maximum Gasteiger partial charge on any atom is 0.133 e. The van der Waals surface area contributed by atoms with E-state index in [0.717, 1.165) is 19.3 Å². The van der Waals surface area contributed by atoms with Crippen molar-refractivity contribution in [2.24, 2.45) is 11.8 Å². The Labute approximate surface area is 141 Å². The number of rotatable bonds is 3. The summed E-state index contributed by atoms with van der Waals surface area (Å²) >= 11 is 0. The van der Waals surface area contributed by atoms with Crippen molar-refractivity contribution < 1.29 is 9.59 Å². The van der Waals surface area contributed by atoms with E-state index in [-0.39, 0.29) is 0 Å². The molecule has 2 heteroatoms. The summed E-state index contributed by atoms with van der Waals surface area (Å²) in [5.41, 5.74) is 1.32. The van der Waals surface area contributed by atoms with E-state index in [0.29, 0.717) is 29.3 Å². The van der Waals surface area contributed by atoms with Crippen molar-refractivity contribution in [3.63, 3.8) is 0 Å². The van der Waals surface area contributed by atoms with Crippen LogP contribution in [-0.4, -0.2) is 11.6 Å². The van der Waals surface area contributed by atoms with Gasteiger partial charge in [0, 0.05) is 11.8 Å². The first-order chi connectivity index (χ1) is 11.1. The Balaban J connectivity index is 0.000000215. The molecular weight excluding hydrogens is 284 g/mol. The van der Waals surface area contributed by atoms with Gasteiger partial charge in [-0.15, -0.1) is 0 Å². The molecule has 0 N–H and O–H groups in total. The van der Waals surface area contributed by atoms with Crippen LogP contribution in [0.5, 0.6) is 0 Å². The minimum absolute atomic E-state index is 0.312. The number of benzene rings is 1. The van der Waals surface area contributed by atoms with Crippen LogP contribution in [-0.2, 0) is 9.59 Å². The summed E-state index contributed by atoms with van der Waals surface area (Å²) in [7, 11) is 0. The fraction of sp³-hybridized carbons (Fsp3) is 0.619. The van der Waals surface area contributed by atoms with Crippen LogP contribution in [0, 0.1) is 11.8 Å². The maximum absolute atomic E-state index is 11.0. The monoisotopic (exact) mass is 316 g/mol. The quantitative estimate of drug-likeness (QED) is 0.731. The molecule has 0 radical (unpaired) electrons. The highest BCUT2D eigenvalue weighted by Gasteiger charge is 2.41. The van der Waals surface area contributed by atoms with Crippen LogP contribution in [0.25, 0.3) is 0 Å². The molecular formula is C21H32O2. The van der Waals surface area contributed by atoms with E-state index in [1.807, 2.05) is 32.0 Å². The molecule has 128 valence electrons.